The van der Waals surface area contributed by atoms with Gasteiger partial charge in [0.25, 0.3) is 0 Å². The fraction of sp³-hybridized carbons (Fsp3) is 0.200. The zero-order chi connectivity index (χ0) is 11.7. The van der Waals surface area contributed by atoms with Crippen LogP contribution in [0.2, 0.25) is 5.02 Å². The molecule has 0 atom stereocenters. The number of halogens is 1. The molecule has 0 N–H and O–H groups in total. The molecule has 0 spiro atoms. The largest absolute Gasteiger partial charge is 0.692 e. The van der Waals surface area contributed by atoms with Crippen LogP contribution in [0.5, 0.6) is 5.88 Å². The third kappa shape index (κ3) is 1.81. The molecule has 6 heteroatoms. The summed E-state index contributed by atoms with van der Waals surface area (Å²) in [4.78, 5) is 1.75. The van der Waals surface area contributed by atoms with E-state index in [0.717, 1.165) is 5.56 Å². The van der Waals surface area contributed by atoms with Crippen LogP contribution in [-0.4, -0.2) is 17.0 Å². The molecule has 0 aliphatic carbocycles. The van der Waals surface area contributed by atoms with Gasteiger partial charge in [-0.25, -0.2) is 0 Å². The van der Waals surface area contributed by atoms with Crippen LogP contribution in [0.15, 0.2) is 24.4 Å². The maximum absolute atomic E-state index is 11.5. The molecular weight excluding hydrogens is 230 g/mol. The van der Waals surface area contributed by atoms with Crippen molar-refractivity contribution in [3.63, 3.8) is 0 Å². The smallest absolute Gasteiger partial charge is 0.396 e. The van der Waals surface area contributed by atoms with Crippen LogP contribution in [-0.2, 0) is 0 Å². The van der Waals surface area contributed by atoms with E-state index in [0.29, 0.717) is 15.6 Å². The topological polar surface area (TPSA) is 54.0 Å². The Labute approximate surface area is 97.4 Å². The highest BCUT2D eigenvalue weighted by atomic mass is 35.5. The summed E-state index contributed by atoms with van der Waals surface area (Å²) >= 11 is 5.97. The van der Waals surface area contributed by atoms with Gasteiger partial charge in [-0.3, -0.25) is 0 Å². The second-order valence-electron chi connectivity index (χ2n) is 3.30. The number of aryl methyl sites for hydroxylation is 1. The maximum Gasteiger partial charge on any atom is 0.396 e. The molecule has 0 saturated heterocycles. The highest BCUT2D eigenvalue weighted by molar-refractivity contribution is 6.31. The molecule has 16 heavy (non-hydrogen) atoms. The first kappa shape index (κ1) is 10.8. The Morgan fingerprint density at radius 3 is 2.81 bits per heavy atom. The van der Waals surface area contributed by atoms with Crippen molar-refractivity contribution in [3.8, 4) is 11.6 Å². The summed E-state index contributed by atoms with van der Waals surface area (Å²) in [5, 5.41) is 16.0. The number of hydrogen-bond donors (Lipinski definition) is 0. The number of aromatic nitrogens is 3. The number of benzene rings is 1. The van der Waals surface area contributed by atoms with Gasteiger partial charge >= 0.3 is 5.88 Å². The molecule has 0 aliphatic rings. The third-order valence-corrected chi connectivity index (χ3v) is 2.60. The van der Waals surface area contributed by atoms with Gasteiger partial charge in [0.05, 0.1) is 12.2 Å². The van der Waals surface area contributed by atoms with Crippen molar-refractivity contribution in [3.05, 3.63) is 40.2 Å². The molecule has 0 saturated carbocycles. The summed E-state index contributed by atoms with van der Waals surface area (Å²) in [7, 11) is 1.45. The lowest BCUT2D eigenvalue weighted by Gasteiger charge is -2.03. The highest BCUT2D eigenvalue weighted by Crippen LogP contribution is 2.18. The van der Waals surface area contributed by atoms with Gasteiger partial charge < -0.3 is 9.94 Å². The van der Waals surface area contributed by atoms with Crippen LogP contribution in [0.25, 0.3) is 5.69 Å². The Morgan fingerprint density at radius 1 is 1.50 bits per heavy atom. The zero-order valence-electron chi connectivity index (χ0n) is 8.85. The zero-order valence-corrected chi connectivity index (χ0v) is 9.60. The van der Waals surface area contributed by atoms with Crippen molar-refractivity contribution in [1.29, 1.82) is 0 Å². The van der Waals surface area contributed by atoms with Gasteiger partial charge in [-0.05, 0) is 29.4 Å². The van der Waals surface area contributed by atoms with E-state index in [4.69, 9.17) is 16.3 Å². The molecule has 0 amide bonds. The van der Waals surface area contributed by atoms with E-state index in [1.807, 2.05) is 13.0 Å². The van der Waals surface area contributed by atoms with Crippen molar-refractivity contribution in [1.82, 2.24) is 9.90 Å². The molecule has 84 valence electrons. The van der Waals surface area contributed by atoms with E-state index in [-0.39, 0.29) is 5.88 Å². The predicted octanol–water partition coefficient (Wildman–Crippen LogP) is 1.48. The minimum Gasteiger partial charge on any atom is -0.692 e. The molecule has 1 aromatic heterocycles. The van der Waals surface area contributed by atoms with E-state index in [9.17, 15) is 5.21 Å². The molecule has 0 fully saturated rings. The summed E-state index contributed by atoms with van der Waals surface area (Å²) in [6.45, 7) is 1.89. The molecular formula is C10H10ClN3O2. The maximum atomic E-state index is 11.5. The average Bonchev–Trinajstić information content (AvgIpc) is 2.64. The van der Waals surface area contributed by atoms with Crippen molar-refractivity contribution in [2.45, 2.75) is 6.92 Å². The van der Waals surface area contributed by atoms with Crippen LogP contribution in [0.3, 0.4) is 0 Å². The Balaban J connectivity index is 2.49. The Bertz CT molecular complexity index is 525. The number of hydrogen-bond acceptors (Lipinski definition) is 3. The summed E-state index contributed by atoms with van der Waals surface area (Å²) in [5.41, 5.74) is 1.54. The minimum atomic E-state index is 0.256. The average molecular weight is 240 g/mol. The normalized spacial score (nSPS) is 10.4. The highest BCUT2D eigenvalue weighted by Gasteiger charge is 2.14. The van der Waals surface area contributed by atoms with Gasteiger partial charge in [-0.15, -0.1) is 4.85 Å². The number of methoxy groups -OCH3 is 1. The van der Waals surface area contributed by atoms with Crippen molar-refractivity contribution < 1.29 is 9.58 Å². The number of nitrogens with zero attached hydrogens (tertiary/aromatic N) is 3. The van der Waals surface area contributed by atoms with Crippen LogP contribution in [0, 0.1) is 12.1 Å². The van der Waals surface area contributed by atoms with Gasteiger partial charge in [-0.1, -0.05) is 17.7 Å². The Morgan fingerprint density at radius 2 is 2.25 bits per heavy atom. The fourth-order valence-corrected chi connectivity index (χ4v) is 1.46. The molecule has 0 radical (unpaired) electrons. The molecule has 2 aromatic rings. The number of rotatable bonds is 2. The first-order valence-corrected chi connectivity index (χ1v) is 4.99. The first-order valence-electron chi connectivity index (χ1n) is 4.62. The molecule has 2 rings (SSSR count). The fourth-order valence-electron chi connectivity index (χ4n) is 1.28. The lowest BCUT2D eigenvalue weighted by molar-refractivity contribution is -0.688. The van der Waals surface area contributed by atoms with E-state index < -0.39 is 0 Å². The molecule has 1 heterocycles. The van der Waals surface area contributed by atoms with E-state index >= 15 is 0 Å². The standard InChI is InChI=1S/C10H10ClN3O2/c1-7-3-4-8(5-9(7)11)14-12-10(16-2)6-13(14)15/h3-6H,1-2H3. The van der Waals surface area contributed by atoms with E-state index in [2.05, 4.69) is 5.10 Å². The van der Waals surface area contributed by atoms with Gasteiger partial charge in [0, 0.05) is 5.02 Å². The number of ether oxygens (including phenoxy) is 1. The first-order chi connectivity index (χ1) is 7.61. The summed E-state index contributed by atoms with van der Waals surface area (Å²) in [6.07, 6.45) is 1.24. The summed E-state index contributed by atoms with van der Waals surface area (Å²) in [6, 6.07) is 5.27. The Hall–Kier alpha value is -1.75. The minimum absolute atomic E-state index is 0.256. The molecule has 0 unspecified atom stereocenters. The Kier molecular flexibility index (Phi) is 2.70. The van der Waals surface area contributed by atoms with Crippen molar-refractivity contribution in [2.24, 2.45) is 0 Å². The summed E-state index contributed by atoms with van der Waals surface area (Å²) in [5.74, 6) is 0.256. The van der Waals surface area contributed by atoms with E-state index in [1.54, 1.807) is 12.1 Å². The molecule has 1 aromatic carbocycles. The SMILES string of the molecule is COc1c[n+]([O-])n(-c2ccc(C)c(Cl)c2)n1. The molecule has 0 bridgehead atoms. The van der Waals surface area contributed by atoms with Gasteiger partial charge in [-0.2, -0.15) is 0 Å². The third-order valence-electron chi connectivity index (χ3n) is 2.20. The quantitative estimate of drug-likeness (QED) is 0.589. The lowest BCUT2D eigenvalue weighted by atomic mass is 10.2. The van der Waals surface area contributed by atoms with Crippen LogP contribution < -0.4 is 9.58 Å². The second kappa shape index (κ2) is 4.02. The summed E-state index contributed by atoms with van der Waals surface area (Å²) < 4.78 is 4.87. The van der Waals surface area contributed by atoms with Crippen molar-refractivity contribution in [2.75, 3.05) is 7.11 Å². The second-order valence-corrected chi connectivity index (χ2v) is 3.70. The molecule has 5 nitrogen and oxygen atoms in total. The monoisotopic (exact) mass is 239 g/mol. The van der Waals surface area contributed by atoms with Crippen LogP contribution in [0.4, 0.5) is 0 Å². The predicted molar refractivity (Wildman–Crippen MR) is 58.8 cm³/mol. The van der Waals surface area contributed by atoms with Gasteiger partial charge in [0.1, 0.15) is 5.69 Å². The van der Waals surface area contributed by atoms with Crippen LogP contribution >= 0.6 is 11.6 Å². The van der Waals surface area contributed by atoms with Crippen molar-refractivity contribution >= 4 is 11.6 Å². The lowest BCUT2D eigenvalue weighted by Crippen LogP contribution is -2.36. The van der Waals surface area contributed by atoms with E-state index in [1.165, 1.54) is 18.1 Å². The van der Waals surface area contributed by atoms with Gasteiger partial charge in [0.15, 0.2) is 0 Å². The van der Waals surface area contributed by atoms with Gasteiger partial charge in [0.2, 0.25) is 6.20 Å². The molecule has 0 aliphatic heterocycles. The van der Waals surface area contributed by atoms with Crippen LogP contribution in [0.1, 0.15) is 5.56 Å².